The topological polar surface area (TPSA) is 93.9 Å². The Morgan fingerprint density at radius 1 is 1.33 bits per heavy atom. The summed E-state index contributed by atoms with van der Waals surface area (Å²) in [7, 11) is 0. The number of nitrogens with zero attached hydrogens (tertiary/aromatic N) is 3. The molecule has 2 aromatic heterocycles. The monoisotopic (exact) mass is 286 g/mol. The second-order valence-electron chi connectivity index (χ2n) is 4.97. The highest BCUT2D eigenvalue weighted by Gasteiger charge is 2.18. The number of benzene rings is 1. The van der Waals surface area contributed by atoms with Crippen molar-refractivity contribution in [3.05, 3.63) is 34.2 Å². The van der Waals surface area contributed by atoms with Crippen molar-refractivity contribution in [2.75, 3.05) is 0 Å². The second-order valence-corrected chi connectivity index (χ2v) is 4.97. The third-order valence-corrected chi connectivity index (χ3v) is 3.00. The van der Waals surface area contributed by atoms with Crippen LogP contribution >= 0.6 is 0 Å². The van der Waals surface area contributed by atoms with Gasteiger partial charge in [0.05, 0.1) is 6.10 Å². The molecular formula is C14H14N4O3. The molecule has 0 bridgehead atoms. The molecular weight excluding hydrogens is 272 g/mol. The summed E-state index contributed by atoms with van der Waals surface area (Å²) in [6, 6.07) is 4.87. The lowest BCUT2D eigenvalue weighted by molar-refractivity contribution is 0.241. The Balaban J connectivity index is 2.36. The average molecular weight is 286 g/mol. The molecule has 0 aliphatic carbocycles. The minimum Gasteiger partial charge on any atom is -0.487 e. The Labute approximate surface area is 119 Å². The van der Waals surface area contributed by atoms with Crippen molar-refractivity contribution in [1.29, 1.82) is 0 Å². The van der Waals surface area contributed by atoms with Crippen molar-refractivity contribution in [1.82, 2.24) is 20.6 Å². The minimum absolute atomic E-state index is 0.0332. The molecule has 0 amide bonds. The van der Waals surface area contributed by atoms with Crippen LogP contribution in [0.1, 0.15) is 19.4 Å². The lowest BCUT2D eigenvalue weighted by Gasteiger charge is -2.14. The van der Waals surface area contributed by atoms with Crippen molar-refractivity contribution in [2.24, 2.45) is 0 Å². The maximum Gasteiger partial charge on any atom is 0.336 e. The van der Waals surface area contributed by atoms with Gasteiger partial charge in [-0.1, -0.05) is 0 Å². The molecule has 3 aromatic rings. The van der Waals surface area contributed by atoms with Crippen LogP contribution in [-0.4, -0.2) is 26.7 Å². The zero-order chi connectivity index (χ0) is 15.0. The van der Waals surface area contributed by atoms with Gasteiger partial charge in [0.15, 0.2) is 11.3 Å². The highest BCUT2D eigenvalue weighted by atomic mass is 16.5. The summed E-state index contributed by atoms with van der Waals surface area (Å²) in [6.45, 7) is 5.74. The highest BCUT2D eigenvalue weighted by Crippen LogP contribution is 2.35. The fourth-order valence-corrected chi connectivity index (χ4v) is 2.25. The maximum atomic E-state index is 11.5. The van der Waals surface area contributed by atoms with Gasteiger partial charge < -0.3 is 9.15 Å². The summed E-state index contributed by atoms with van der Waals surface area (Å²) in [5, 5.41) is 14.7. The predicted octanol–water partition coefficient (Wildman–Crippen LogP) is 2.07. The van der Waals surface area contributed by atoms with Crippen LogP contribution in [0.4, 0.5) is 0 Å². The van der Waals surface area contributed by atoms with Gasteiger partial charge in [-0.05, 0) is 43.7 Å². The van der Waals surface area contributed by atoms with Gasteiger partial charge in [-0.2, -0.15) is 5.21 Å². The van der Waals surface area contributed by atoms with E-state index in [0.717, 1.165) is 11.1 Å². The van der Waals surface area contributed by atoms with Crippen molar-refractivity contribution in [2.45, 2.75) is 26.9 Å². The van der Waals surface area contributed by atoms with Crippen LogP contribution < -0.4 is 10.4 Å². The fraction of sp³-hybridized carbons (Fsp3) is 0.286. The predicted molar refractivity (Wildman–Crippen MR) is 76.2 cm³/mol. The largest absolute Gasteiger partial charge is 0.487 e. The number of aromatic nitrogens is 4. The highest BCUT2D eigenvalue weighted by molar-refractivity contribution is 5.96. The lowest BCUT2D eigenvalue weighted by Crippen LogP contribution is -2.07. The molecule has 0 spiro atoms. The molecule has 0 fully saturated rings. The van der Waals surface area contributed by atoms with Gasteiger partial charge in [0.1, 0.15) is 0 Å². The first-order chi connectivity index (χ1) is 10.1. The van der Waals surface area contributed by atoms with Gasteiger partial charge in [-0.25, -0.2) is 4.79 Å². The number of aryl methyl sites for hydroxylation is 1. The Hall–Kier alpha value is -2.70. The molecule has 3 rings (SSSR count). The van der Waals surface area contributed by atoms with E-state index in [0.29, 0.717) is 22.5 Å². The Bertz CT molecular complexity index is 837. The molecule has 0 aliphatic heterocycles. The number of ether oxygens (including phenoxy) is 1. The summed E-state index contributed by atoms with van der Waals surface area (Å²) < 4.78 is 11.1. The molecule has 1 N–H and O–H groups in total. The Kier molecular flexibility index (Phi) is 3.17. The molecule has 0 unspecified atom stereocenters. The zero-order valence-corrected chi connectivity index (χ0v) is 11.9. The van der Waals surface area contributed by atoms with Crippen LogP contribution in [0, 0.1) is 6.92 Å². The van der Waals surface area contributed by atoms with Crippen LogP contribution in [-0.2, 0) is 0 Å². The molecule has 0 aliphatic rings. The molecule has 0 radical (unpaired) electrons. The first-order valence-electron chi connectivity index (χ1n) is 6.54. The third-order valence-electron chi connectivity index (χ3n) is 3.00. The van der Waals surface area contributed by atoms with Gasteiger partial charge in [-0.3, -0.25) is 0 Å². The van der Waals surface area contributed by atoms with Crippen molar-refractivity contribution in [3.63, 3.8) is 0 Å². The SMILES string of the molecule is Cc1cc(OC(C)C)c2oc(=O)ccc2c1-c1nn[nH]n1. The number of nitrogens with one attached hydrogen (secondary N) is 1. The van der Waals surface area contributed by atoms with Gasteiger partial charge >= 0.3 is 5.63 Å². The number of hydrogen-bond acceptors (Lipinski definition) is 6. The molecule has 1 aromatic carbocycles. The van der Waals surface area contributed by atoms with E-state index in [9.17, 15) is 4.79 Å². The standard InChI is InChI=1S/C14H14N4O3/c1-7(2)20-10-6-8(3)12(14-15-17-18-16-14)9-4-5-11(19)21-13(9)10/h4-7H,1-3H3,(H,15,16,17,18). The number of H-pyrrole nitrogens is 1. The molecule has 0 atom stereocenters. The zero-order valence-electron chi connectivity index (χ0n) is 11.9. The number of rotatable bonds is 3. The van der Waals surface area contributed by atoms with E-state index in [1.807, 2.05) is 26.8 Å². The van der Waals surface area contributed by atoms with E-state index in [4.69, 9.17) is 9.15 Å². The van der Waals surface area contributed by atoms with E-state index in [1.165, 1.54) is 6.07 Å². The maximum absolute atomic E-state index is 11.5. The van der Waals surface area contributed by atoms with Crippen molar-refractivity contribution in [3.8, 4) is 17.1 Å². The van der Waals surface area contributed by atoms with E-state index in [1.54, 1.807) is 6.07 Å². The molecule has 2 heterocycles. The average Bonchev–Trinajstić information content (AvgIpc) is 2.92. The fourth-order valence-electron chi connectivity index (χ4n) is 2.25. The van der Waals surface area contributed by atoms with E-state index in [2.05, 4.69) is 20.6 Å². The van der Waals surface area contributed by atoms with E-state index < -0.39 is 5.63 Å². The number of fused-ring (bicyclic) bond motifs is 1. The lowest BCUT2D eigenvalue weighted by atomic mass is 10.0. The Morgan fingerprint density at radius 2 is 2.14 bits per heavy atom. The Morgan fingerprint density at radius 3 is 2.81 bits per heavy atom. The summed E-state index contributed by atoms with van der Waals surface area (Å²) >= 11 is 0. The normalized spacial score (nSPS) is 11.2. The first-order valence-corrected chi connectivity index (χ1v) is 6.54. The van der Waals surface area contributed by atoms with Crippen LogP contribution in [0.5, 0.6) is 5.75 Å². The first kappa shape index (κ1) is 13.3. The van der Waals surface area contributed by atoms with Crippen LogP contribution in [0.3, 0.4) is 0 Å². The third kappa shape index (κ3) is 2.37. The van der Waals surface area contributed by atoms with E-state index in [-0.39, 0.29) is 6.10 Å². The molecule has 7 heteroatoms. The van der Waals surface area contributed by atoms with Gasteiger partial charge in [0, 0.05) is 17.0 Å². The summed E-state index contributed by atoms with van der Waals surface area (Å²) in [6.07, 6.45) is -0.0332. The van der Waals surface area contributed by atoms with Crippen LogP contribution in [0.15, 0.2) is 27.4 Å². The summed E-state index contributed by atoms with van der Waals surface area (Å²) in [4.78, 5) is 11.5. The van der Waals surface area contributed by atoms with Crippen molar-refractivity contribution < 1.29 is 9.15 Å². The smallest absolute Gasteiger partial charge is 0.336 e. The summed E-state index contributed by atoms with van der Waals surface area (Å²) in [5.74, 6) is 0.977. The van der Waals surface area contributed by atoms with E-state index >= 15 is 0 Å². The molecule has 7 nitrogen and oxygen atoms in total. The molecule has 108 valence electrons. The van der Waals surface area contributed by atoms with Gasteiger partial charge in [0.25, 0.3) is 0 Å². The summed E-state index contributed by atoms with van der Waals surface area (Å²) in [5.41, 5.74) is 1.63. The van der Waals surface area contributed by atoms with Crippen LogP contribution in [0.2, 0.25) is 0 Å². The van der Waals surface area contributed by atoms with Gasteiger partial charge in [-0.15, -0.1) is 10.2 Å². The molecule has 21 heavy (non-hydrogen) atoms. The van der Waals surface area contributed by atoms with Gasteiger partial charge in [0.2, 0.25) is 5.82 Å². The number of aromatic amines is 1. The quantitative estimate of drug-likeness (QED) is 0.741. The number of tetrazole rings is 1. The van der Waals surface area contributed by atoms with Crippen LogP contribution in [0.25, 0.3) is 22.4 Å². The molecule has 0 saturated carbocycles. The minimum atomic E-state index is -0.431. The van der Waals surface area contributed by atoms with Crippen molar-refractivity contribution >= 4 is 11.0 Å². The second kappa shape index (κ2) is 5.01. The molecule has 0 saturated heterocycles. The number of hydrogen-bond donors (Lipinski definition) is 1.